The highest BCUT2D eigenvalue weighted by molar-refractivity contribution is 6.04. The Labute approximate surface area is 148 Å². The molecule has 0 aliphatic carbocycles. The summed E-state index contributed by atoms with van der Waals surface area (Å²) >= 11 is 0. The fourth-order valence-corrected chi connectivity index (χ4v) is 2.39. The Morgan fingerprint density at radius 3 is 2.36 bits per heavy atom. The zero-order chi connectivity index (χ0) is 18.2. The highest BCUT2D eigenvalue weighted by Gasteiger charge is 2.13. The van der Waals surface area contributed by atoms with E-state index < -0.39 is 0 Å². The van der Waals surface area contributed by atoms with Gasteiger partial charge < -0.3 is 10.6 Å². The summed E-state index contributed by atoms with van der Waals surface area (Å²) in [5.41, 5.74) is 2.30. The van der Waals surface area contributed by atoms with Crippen molar-refractivity contribution in [2.75, 3.05) is 11.9 Å². The molecule has 132 valence electrons. The molecule has 2 aromatic rings. The van der Waals surface area contributed by atoms with Gasteiger partial charge in [-0.15, -0.1) is 0 Å². The van der Waals surface area contributed by atoms with Crippen LogP contribution < -0.4 is 10.6 Å². The van der Waals surface area contributed by atoms with Gasteiger partial charge in [0.1, 0.15) is 11.4 Å². The number of pyridine rings is 1. The minimum atomic E-state index is -0.322. The predicted octanol–water partition coefficient (Wildman–Crippen LogP) is 3.67. The second kappa shape index (κ2) is 8.97. The molecular weight excluding hydrogens is 314 g/mol. The number of aromatic nitrogens is 1. The van der Waals surface area contributed by atoms with Crippen molar-refractivity contribution in [3.05, 3.63) is 59.4 Å². The minimum absolute atomic E-state index is 0.224. The Morgan fingerprint density at radius 2 is 1.68 bits per heavy atom. The normalized spacial score (nSPS) is 10.6. The van der Waals surface area contributed by atoms with Gasteiger partial charge in [0.25, 0.3) is 11.8 Å². The van der Waals surface area contributed by atoms with Crippen molar-refractivity contribution >= 4 is 17.5 Å². The van der Waals surface area contributed by atoms with Gasteiger partial charge >= 0.3 is 0 Å². The molecule has 2 rings (SSSR count). The average molecular weight is 339 g/mol. The van der Waals surface area contributed by atoms with Crippen molar-refractivity contribution < 1.29 is 9.59 Å². The van der Waals surface area contributed by atoms with E-state index in [1.165, 1.54) is 0 Å². The number of hydrogen-bond donors (Lipinski definition) is 2. The first kappa shape index (κ1) is 18.6. The number of anilines is 1. The Kier molecular flexibility index (Phi) is 6.69. The molecule has 0 spiro atoms. The molecular formula is C20H25N3O2. The van der Waals surface area contributed by atoms with Crippen LogP contribution in [-0.2, 0) is 6.42 Å². The lowest BCUT2D eigenvalue weighted by Gasteiger charge is -2.10. The van der Waals surface area contributed by atoms with E-state index in [0.717, 1.165) is 24.1 Å². The standard InChI is InChI=1S/C20H25N3O2/c1-4-15-8-5-6-9-16(15)23-20(25)18-11-7-10-17(22-18)19(24)21-13-12-14(2)3/h5-11,14H,4,12-13H2,1-3H3,(H,21,24)(H,23,25). The van der Waals surface area contributed by atoms with Crippen LogP contribution in [0.1, 0.15) is 53.7 Å². The van der Waals surface area contributed by atoms with Crippen LogP contribution in [0, 0.1) is 5.92 Å². The van der Waals surface area contributed by atoms with Crippen LogP contribution >= 0.6 is 0 Å². The van der Waals surface area contributed by atoms with Gasteiger partial charge in [0.2, 0.25) is 0 Å². The summed E-state index contributed by atoms with van der Waals surface area (Å²) in [7, 11) is 0. The number of rotatable bonds is 7. The second-order valence-corrected chi connectivity index (χ2v) is 6.31. The van der Waals surface area contributed by atoms with Gasteiger partial charge in [0, 0.05) is 12.2 Å². The summed E-state index contributed by atoms with van der Waals surface area (Å²) in [6, 6.07) is 12.5. The van der Waals surface area contributed by atoms with E-state index in [4.69, 9.17) is 0 Å². The van der Waals surface area contributed by atoms with Crippen molar-refractivity contribution in [3.8, 4) is 0 Å². The summed E-state index contributed by atoms with van der Waals surface area (Å²) in [6.45, 7) is 6.83. The zero-order valence-electron chi connectivity index (χ0n) is 15.0. The Morgan fingerprint density at radius 1 is 1.00 bits per heavy atom. The zero-order valence-corrected chi connectivity index (χ0v) is 15.0. The Hall–Kier alpha value is -2.69. The molecule has 5 nitrogen and oxygen atoms in total. The number of benzene rings is 1. The molecule has 2 amide bonds. The number of nitrogens with one attached hydrogen (secondary N) is 2. The van der Waals surface area contributed by atoms with E-state index in [9.17, 15) is 9.59 Å². The molecule has 0 saturated heterocycles. The molecule has 0 bridgehead atoms. The Balaban J connectivity index is 2.07. The molecule has 1 heterocycles. The first-order valence-corrected chi connectivity index (χ1v) is 8.65. The number of para-hydroxylation sites is 1. The maximum atomic E-state index is 12.5. The summed E-state index contributed by atoms with van der Waals surface area (Å²) in [4.78, 5) is 28.8. The van der Waals surface area contributed by atoms with Crippen molar-refractivity contribution in [3.63, 3.8) is 0 Å². The summed E-state index contributed by atoms with van der Waals surface area (Å²) in [5.74, 6) is -0.0639. The summed E-state index contributed by atoms with van der Waals surface area (Å²) in [5, 5.41) is 5.70. The SMILES string of the molecule is CCc1ccccc1NC(=O)c1cccc(C(=O)NCCC(C)C)n1. The van der Waals surface area contributed by atoms with Gasteiger partial charge in [-0.3, -0.25) is 9.59 Å². The minimum Gasteiger partial charge on any atom is -0.351 e. The average Bonchev–Trinajstić information content (AvgIpc) is 2.61. The third-order valence-corrected chi connectivity index (χ3v) is 3.87. The quantitative estimate of drug-likeness (QED) is 0.808. The van der Waals surface area contributed by atoms with Gasteiger partial charge in [0.15, 0.2) is 0 Å². The Bertz CT molecular complexity index is 741. The topological polar surface area (TPSA) is 71.1 Å². The first-order chi connectivity index (χ1) is 12.0. The van der Waals surface area contributed by atoms with Gasteiger partial charge in [-0.25, -0.2) is 4.98 Å². The van der Waals surface area contributed by atoms with E-state index in [1.54, 1.807) is 18.2 Å². The maximum absolute atomic E-state index is 12.5. The van der Waals surface area contributed by atoms with E-state index in [2.05, 4.69) is 29.5 Å². The number of nitrogens with zero attached hydrogens (tertiary/aromatic N) is 1. The third kappa shape index (κ3) is 5.41. The molecule has 0 unspecified atom stereocenters. The predicted molar refractivity (Wildman–Crippen MR) is 99.8 cm³/mol. The van der Waals surface area contributed by atoms with Gasteiger partial charge in [-0.1, -0.05) is 45.0 Å². The summed E-state index contributed by atoms with van der Waals surface area (Å²) in [6.07, 6.45) is 1.72. The molecule has 0 saturated carbocycles. The van der Waals surface area contributed by atoms with Crippen LogP contribution in [0.3, 0.4) is 0 Å². The number of carbonyl (C=O) groups is 2. The fourth-order valence-electron chi connectivity index (χ4n) is 2.39. The fraction of sp³-hybridized carbons (Fsp3) is 0.350. The van der Waals surface area contributed by atoms with Gasteiger partial charge in [0.05, 0.1) is 0 Å². The molecule has 5 heteroatoms. The number of aryl methyl sites for hydroxylation is 1. The molecule has 2 N–H and O–H groups in total. The van der Waals surface area contributed by atoms with E-state index >= 15 is 0 Å². The van der Waals surface area contributed by atoms with Crippen molar-refractivity contribution in [1.82, 2.24) is 10.3 Å². The van der Waals surface area contributed by atoms with Gasteiger partial charge in [-0.05, 0) is 42.5 Å². The molecule has 0 aliphatic heterocycles. The van der Waals surface area contributed by atoms with Crippen LogP contribution in [0.4, 0.5) is 5.69 Å². The number of hydrogen-bond acceptors (Lipinski definition) is 3. The van der Waals surface area contributed by atoms with Gasteiger partial charge in [-0.2, -0.15) is 0 Å². The summed E-state index contributed by atoms with van der Waals surface area (Å²) < 4.78 is 0. The van der Waals surface area contributed by atoms with Crippen LogP contribution in [-0.4, -0.2) is 23.3 Å². The molecule has 0 radical (unpaired) electrons. The highest BCUT2D eigenvalue weighted by atomic mass is 16.2. The largest absolute Gasteiger partial charge is 0.351 e. The molecule has 1 aromatic carbocycles. The van der Waals surface area contributed by atoms with Crippen LogP contribution in [0.25, 0.3) is 0 Å². The smallest absolute Gasteiger partial charge is 0.274 e. The monoisotopic (exact) mass is 339 g/mol. The maximum Gasteiger partial charge on any atom is 0.274 e. The van der Waals surface area contributed by atoms with Crippen molar-refractivity contribution in [2.24, 2.45) is 5.92 Å². The van der Waals surface area contributed by atoms with Crippen molar-refractivity contribution in [1.29, 1.82) is 0 Å². The lowest BCUT2D eigenvalue weighted by molar-refractivity contribution is 0.0947. The molecule has 1 aromatic heterocycles. The first-order valence-electron chi connectivity index (χ1n) is 8.65. The molecule has 25 heavy (non-hydrogen) atoms. The highest BCUT2D eigenvalue weighted by Crippen LogP contribution is 2.16. The molecule has 0 atom stereocenters. The molecule has 0 aliphatic rings. The van der Waals surface area contributed by atoms with Crippen LogP contribution in [0.15, 0.2) is 42.5 Å². The van der Waals surface area contributed by atoms with E-state index in [-0.39, 0.29) is 23.2 Å². The van der Waals surface area contributed by atoms with Crippen LogP contribution in [0.5, 0.6) is 0 Å². The number of amides is 2. The van der Waals surface area contributed by atoms with E-state index in [1.807, 2.05) is 31.2 Å². The van der Waals surface area contributed by atoms with Crippen LogP contribution in [0.2, 0.25) is 0 Å². The second-order valence-electron chi connectivity index (χ2n) is 6.31. The third-order valence-electron chi connectivity index (χ3n) is 3.87. The lowest BCUT2D eigenvalue weighted by atomic mass is 10.1. The van der Waals surface area contributed by atoms with Crippen molar-refractivity contribution in [2.45, 2.75) is 33.6 Å². The number of carbonyl (C=O) groups excluding carboxylic acids is 2. The van der Waals surface area contributed by atoms with E-state index in [0.29, 0.717) is 12.5 Å². The molecule has 0 fully saturated rings. The lowest BCUT2D eigenvalue weighted by Crippen LogP contribution is -2.27.